The molecule has 0 radical (unpaired) electrons. The highest BCUT2D eigenvalue weighted by Crippen LogP contribution is 2.13. The van der Waals surface area contributed by atoms with Gasteiger partial charge < -0.3 is 14.8 Å². The second kappa shape index (κ2) is 9.92. The molecule has 0 spiro atoms. The lowest BCUT2D eigenvalue weighted by Crippen LogP contribution is -2.16. The summed E-state index contributed by atoms with van der Waals surface area (Å²) in [6, 6.07) is 8.27. The van der Waals surface area contributed by atoms with Crippen molar-refractivity contribution in [3.8, 4) is 5.75 Å². The van der Waals surface area contributed by atoms with E-state index < -0.39 is 0 Å². The van der Waals surface area contributed by atoms with Crippen LogP contribution in [0.2, 0.25) is 0 Å². The van der Waals surface area contributed by atoms with E-state index in [1.807, 2.05) is 19.1 Å². The van der Waals surface area contributed by atoms with E-state index in [1.165, 1.54) is 5.56 Å². The molecule has 3 nitrogen and oxygen atoms in total. The Hall–Kier alpha value is -1.06. The van der Waals surface area contributed by atoms with Crippen LogP contribution in [-0.4, -0.2) is 26.4 Å². The fourth-order valence-electron chi connectivity index (χ4n) is 1.64. The number of benzene rings is 1. The van der Waals surface area contributed by atoms with Gasteiger partial charge in [-0.1, -0.05) is 19.1 Å². The average molecular weight is 251 g/mol. The van der Waals surface area contributed by atoms with E-state index in [1.54, 1.807) is 0 Å². The minimum absolute atomic E-state index is 0.783. The zero-order chi connectivity index (χ0) is 13.1. The molecule has 0 saturated heterocycles. The number of ether oxygens (including phenoxy) is 2. The molecule has 0 fully saturated rings. The van der Waals surface area contributed by atoms with Gasteiger partial charge in [-0.3, -0.25) is 0 Å². The number of nitrogens with one attached hydrogen (secondary N) is 1. The van der Waals surface area contributed by atoms with Crippen molar-refractivity contribution in [2.75, 3.05) is 26.4 Å². The first-order valence-electron chi connectivity index (χ1n) is 6.87. The summed E-state index contributed by atoms with van der Waals surface area (Å²) in [5.41, 5.74) is 1.26. The normalized spacial score (nSPS) is 10.6. The molecule has 0 bridgehead atoms. The minimum Gasteiger partial charge on any atom is -0.494 e. The third kappa shape index (κ3) is 6.62. The van der Waals surface area contributed by atoms with E-state index in [0.29, 0.717) is 0 Å². The molecular weight excluding hydrogens is 226 g/mol. The van der Waals surface area contributed by atoms with Crippen LogP contribution >= 0.6 is 0 Å². The highest BCUT2D eigenvalue weighted by atomic mass is 16.5. The van der Waals surface area contributed by atoms with E-state index >= 15 is 0 Å². The monoisotopic (exact) mass is 251 g/mol. The van der Waals surface area contributed by atoms with Crippen molar-refractivity contribution in [3.63, 3.8) is 0 Å². The van der Waals surface area contributed by atoms with Gasteiger partial charge in [-0.25, -0.2) is 0 Å². The Balaban J connectivity index is 2.20. The number of hydrogen-bond acceptors (Lipinski definition) is 3. The number of hydrogen-bond donors (Lipinski definition) is 1. The molecule has 0 aromatic heterocycles. The molecule has 0 aliphatic carbocycles. The SMILES string of the molecule is CCCOc1cccc(CNCCCOCC)c1. The van der Waals surface area contributed by atoms with Crippen molar-refractivity contribution < 1.29 is 9.47 Å². The van der Waals surface area contributed by atoms with Gasteiger partial charge in [0.2, 0.25) is 0 Å². The molecule has 1 aromatic rings. The van der Waals surface area contributed by atoms with Crippen LogP contribution in [0.1, 0.15) is 32.3 Å². The summed E-state index contributed by atoms with van der Waals surface area (Å²) in [6.07, 6.45) is 2.10. The van der Waals surface area contributed by atoms with Crippen LogP contribution < -0.4 is 10.1 Å². The second-order valence-electron chi connectivity index (χ2n) is 4.22. The third-order valence-corrected chi connectivity index (χ3v) is 2.55. The topological polar surface area (TPSA) is 30.5 Å². The molecule has 0 amide bonds. The first-order chi connectivity index (χ1) is 8.86. The Morgan fingerprint density at radius 2 is 2.06 bits per heavy atom. The molecule has 0 heterocycles. The quantitative estimate of drug-likeness (QED) is 0.648. The highest BCUT2D eigenvalue weighted by Gasteiger charge is 1.96. The largest absolute Gasteiger partial charge is 0.494 e. The number of rotatable bonds is 10. The van der Waals surface area contributed by atoms with Gasteiger partial charge in [0.1, 0.15) is 5.75 Å². The summed E-state index contributed by atoms with van der Waals surface area (Å²) in [4.78, 5) is 0. The first-order valence-corrected chi connectivity index (χ1v) is 6.87. The summed E-state index contributed by atoms with van der Waals surface area (Å²) in [6.45, 7) is 8.43. The van der Waals surface area contributed by atoms with E-state index in [-0.39, 0.29) is 0 Å². The van der Waals surface area contributed by atoms with Gasteiger partial charge in [0, 0.05) is 19.8 Å². The summed E-state index contributed by atoms with van der Waals surface area (Å²) in [5, 5.41) is 3.41. The minimum atomic E-state index is 0.783. The second-order valence-corrected chi connectivity index (χ2v) is 4.22. The molecule has 0 atom stereocenters. The van der Waals surface area contributed by atoms with Crippen LogP contribution in [0, 0.1) is 0 Å². The molecule has 1 N–H and O–H groups in total. The smallest absolute Gasteiger partial charge is 0.119 e. The van der Waals surface area contributed by atoms with Crippen LogP contribution in [0.25, 0.3) is 0 Å². The van der Waals surface area contributed by atoms with Gasteiger partial charge in [-0.15, -0.1) is 0 Å². The standard InChI is InChI=1S/C15H25NO2/c1-3-10-18-15-8-5-7-14(12-15)13-16-9-6-11-17-4-2/h5,7-8,12,16H,3-4,6,9-11,13H2,1-2H3. The first kappa shape index (κ1) is 15.0. The average Bonchev–Trinajstić information content (AvgIpc) is 2.41. The fourth-order valence-corrected chi connectivity index (χ4v) is 1.64. The molecule has 1 rings (SSSR count). The van der Waals surface area contributed by atoms with Crippen LogP contribution in [0.5, 0.6) is 5.75 Å². The van der Waals surface area contributed by atoms with Gasteiger partial charge in [0.25, 0.3) is 0 Å². The molecule has 18 heavy (non-hydrogen) atoms. The van der Waals surface area contributed by atoms with Gasteiger partial charge in [0.15, 0.2) is 0 Å². The zero-order valence-corrected chi connectivity index (χ0v) is 11.6. The molecule has 3 heteroatoms. The Kier molecular flexibility index (Phi) is 8.26. The Bertz CT molecular complexity index is 315. The molecule has 102 valence electrons. The summed E-state index contributed by atoms with van der Waals surface area (Å²) >= 11 is 0. The van der Waals surface area contributed by atoms with Gasteiger partial charge in [-0.2, -0.15) is 0 Å². The van der Waals surface area contributed by atoms with E-state index in [4.69, 9.17) is 9.47 Å². The van der Waals surface area contributed by atoms with E-state index in [0.717, 1.165) is 51.5 Å². The molecule has 1 aromatic carbocycles. The Morgan fingerprint density at radius 3 is 2.83 bits per heavy atom. The van der Waals surface area contributed by atoms with Crippen LogP contribution in [0.3, 0.4) is 0 Å². The lowest BCUT2D eigenvalue weighted by atomic mass is 10.2. The summed E-state index contributed by atoms with van der Waals surface area (Å²) in [7, 11) is 0. The van der Waals surface area contributed by atoms with Crippen molar-refractivity contribution in [2.45, 2.75) is 33.2 Å². The van der Waals surface area contributed by atoms with E-state index in [2.05, 4.69) is 24.4 Å². The molecule has 0 aliphatic heterocycles. The maximum Gasteiger partial charge on any atom is 0.119 e. The Morgan fingerprint density at radius 1 is 1.17 bits per heavy atom. The molecule has 0 unspecified atom stereocenters. The lowest BCUT2D eigenvalue weighted by Gasteiger charge is -2.08. The summed E-state index contributed by atoms with van der Waals surface area (Å²) < 4.78 is 10.9. The van der Waals surface area contributed by atoms with Crippen molar-refractivity contribution in [1.29, 1.82) is 0 Å². The fraction of sp³-hybridized carbons (Fsp3) is 0.600. The zero-order valence-electron chi connectivity index (χ0n) is 11.6. The van der Waals surface area contributed by atoms with Crippen LogP contribution in [0.4, 0.5) is 0 Å². The van der Waals surface area contributed by atoms with E-state index in [9.17, 15) is 0 Å². The van der Waals surface area contributed by atoms with Crippen molar-refractivity contribution in [3.05, 3.63) is 29.8 Å². The predicted octanol–water partition coefficient (Wildman–Crippen LogP) is 2.99. The van der Waals surface area contributed by atoms with Crippen molar-refractivity contribution in [2.24, 2.45) is 0 Å². The van der Waals surface area contributed by atoms with Crippen LogP contribution in [-0.2, 0) is 11.3 Å². The maximum absolute atomic E-state index is 5.61. The van der Waals surface area contributed by atoms with Gasteiger partial charge in [0.05, 0.1) is 6.61 Å². The highest BCUT2D eigenvalue weighted by molar-refractivity contribution is 5.28. The van der Waals surface area contributed by atoms with Gasteiger partial charge >= 0.3 is 0 Å². The maximum atomic E-state index is 5.61. The molecule has 0 saturated carbocycles. The lowest BCUT2D eigenvalue weighted by molar-refractivity contribution is 0.144. The van der Waals surface area contributed by atoms with Crippen molar-refractivity contribution >= 4 is 0 Å². The third-order valence-electron chi connectivity index (χ3n) is 2.55. The molecular formula is C15H25NO2. The Labute approximate surface area is 110 Å². The molecule has 0 aliphatic rings. The summed E-state index contributed by atoms with van der Waals surface area (Å²) in [5.74, 6) is 0.963. The van der Waals surface area contributed by atoms with Gasteiger partial charge in [-0.05, 0) is 44.0 Å². The van der Waals surface area contributed by atoms with Crippen LogP contribution in [0.15, 0.2) is 24.3 Å². The predicted molar refractivity (Wildman–Crippen MR) is 75.0 cm³/mol. The van der Waals surface area contributed by atoms with Crippen molar-refractivity contribution in [1.82, 2.24) is 5.32 Å².